The van der Waals surface area contributed by atoms with Crippen LogP contribution in [0.1, 0.15) is 40.2 Å². The summed E-state index contributed by atoms with van der Waals surface area (Å²) in [6, 6.07) is 12.1. The lowest BCUT2D eigenvalue weighted by atomic mass is 9.84. The second-order valence-corrected chi connectivity index (χ2v) is 9.33. The van der Waals surface area contributed by atoms with Gasteiger partial charge in [-0.3, -0.25) is 19.0 Å². The normalized spacial score (nSPS) is 15.4. The van der Waals surface area contributed by atoms with Crippen molar-refractivity contribution in [2.45, 2.75) is 45.7 Å². The average molecular weight is 463 g/mol. The van der Waals surface area contributed by atoms with Crippen molar-refractivity contribution in [1.29, 1.82) is 0 Å². The molecular formula is C26H34N6O2. The number of hydrogen-bond acceptors (Lipinski definition) is 4. The van der Waals surface area contributed by atoms with E-state index in [2.05, 4.69) is 35.3 Å². The van der Waals surface area contributed by atoms with Gasteiger partial charge in [-0.15, -0.1) is 0 Å². The number of rotatable bonds is 7. The van der Waals surface area contributed by atoms with Gasteiger partial charge in [0.05, 0.1) is 5.69 Å². The molecule has 2 amide bonds. The highest BCUT2D eigenvalue weighted by molar-refractivity contribution is 5.92. The van der Waals surface area contributed by atoms with Gasteiger partial charge >= 0.3 is 0 Å². The molecule has 8 nitrogen and oxygen atoms in total. The fourth-order valence-corrected chi connectivity index (χ4v) is 4.97. The van der Waals surface area contributed by atoms with Gasteiger partial charge in [0.15, 0.2) is 0 Å². The Hall–Kier alpha value is -3.42. The Kier molecular flexibility index (Phi) is 7.14. The number of carbonyl (C=O) groups is 2. The Labute approximate surface area is 201 Å². The molecule has 2 aromatic heterocycles. The summed E-state index contributed by atoms with van der Waals surface area (Å²) in [5, 5.41) is 8.51. The zero-order chi connectivity index (χ0) is 24.2. The Morgan fingerprint density at radius 1 is 1.15 bits per heavy atom. The molecule has 0 radical (unpaired) electrons. The molecule has 0 aliphatic carbocycles. The van der Waals surface area contributed by atoms with Crippen LogP contribution in [-0.2, 0) is 24.8 Å². The smallest absolute Gasteiger partial charge is 0.272 e. The minimum absolute atomic E-state index is 0.0279. The van der Waals surface area contributed by atoms with Crippen LogP contribution in [0.5, 0.6) is 0 Å². The van der Waals surface area contributed by atoms with Crippen LogP contribution in [0.3, 0.4) is 0 Å². The number of hydrogen-bond donors (Lipinski definition) is 0. The predicted molar refractivity (Wildman–Crippen MR) is 130 cm³/mol. The monoisotopic (exact) mass is 462 g/mol. The number of likely N-dealkylation sites (tertiary alicyclic amines) is 1. The maximum Gasteiger partial charge on any atom is 0.272 e. The molecule has 180 valence electrons. The van der Waals surface area contributed by atoms with E-state index in [1.807, 2.05) is 55.2 Å². The largest absolute Gasteiger partial charge is 0.341 e. The minimum Gasteiger partial charge on any atom is -0.341 e. The van der Waals surface area contributed by atoms with Gasteiger partial charge in [0.25, 0.3) is 5.91 Å². The lowest BCUT2D eigenvalue weighted by Crippen LogP contribution is -2.49. The Balaban J connectivity index is 1.48. The lowest BCUT2D eigenvalue weighted by Gasteiger charge is -2.40. The summed E-state index contributed by atoms with van der Waals surface area (Å²) < 4.78 is 3.33. The average Bonchev–Trinajstić information content (AvgIpc) is 3.46. The molecule has 1 atom stereocenters. The van der Waals surface area contributed by atoms with E-state index in [0.29, 0.717) is 24.7 Å². The third-order valence-corrected chi connectivity index (χ3v) is 7.03. The van der Waals surface area contributed by atoms with Crippen molar-refractivity contribution >= 4 is 11.8 Å². The number of nitrogens with zero attached hydrogens (tertiary/aromatic N) is 6. The van der Waals surface area contributed by atoms with E-state index in [-0.39, 0.29) is 24.4 Å². The van der Waals surface area contributed by atoms with Gasteiger partial charge in [-0.1, -0.05) is 24.3 Å². The van der Waals surface area contributed by atoms with Crippen molar-refractivity contribution < 1.29 is 9.59 Å². The highest BCUT2D eigenvalue weighted by Gasteiger charge is 2.33. The molecule has 34 heavy (non-hydrogen) atoms. The summed E-state index contributed by atoms with van der Waals surface area (Å²) in [6.07, 6.45) is 6.02. The number of piperidine rings is 1. The number of aryl methyl sites for hydroxylation is 3. The van der Waals surface area contributed by atoms with Gasteiger partial charge in [-0.25, -0.2) is 0 Å². The molecule has 1 unspecified atom stereocenters. The third-order valence-electron chi connectivity index (χ3n) is 7.03. The van der Waals surface area contributed by atoms with E-state index in [9.17, 15) is 9.59 Å². The van der Waals surface area contributed by atoms with Gasteiger partial charge in [-0.2, -0.15) is 10.2 Å². The molecule has 1 aliphatic rings. The molecule has 0 N–H and O–H groups in total. The van der Waals surface area contributed by atoms with E-state index in [0.717, 1.165) is 25.0 Å². The van der Waals surface area contributed by atoms with Crippen molar-refractivity contribution in [2.75, 3.05) is 20.1 Å². The molecule has 1 aliphatic heterocycles. The summed E-state index contributed by atoms with van der Waals surface area (Å²) >= 11 is 0. The van der Waals surface area contributed by atoms with Gasteiger partial charge in [0.1, 0.15) is 12.2 Å². The molecule has 1 saturated heterocycles. The topological polar surface area (TPSA) is 76.3 Å². The Bertz CT molecular complexity index is 1130. The zero-order valence-corrected chi connectivity index (χ0v) is 20.5. The van der Waals surface area contributed by atoms with Crippen molar-refractivity contribution in [1.82, 2.24) is 29.4 Å². The van der Waals surface area contributed by atoms with Crippen LogP contribution < -0.4 is 0 Å². The van der Waals surface area contributed by atoms with Crippen molar-refractivity contribution in [3.05, 3.63) is 71.3 Å². The quantitative estimate of drug-likeness (QED) is 0.541. The van der Waals surface area contributed by atoms with Crippen LogP contribution in [0, 0.1) is 19.8 Å². The van der Waals surface area contributed by atoms with Crippen LogP contribution in [0.15, 0.2) is 48.8 Å². The first kappa shape index (κ1) is 23.7. The molecule has 3 aromatic rings. The van der Waals surface area contributed by atoms with E-state index >= 15 is 0 Å². The predicted octanol–water partition coefficient (Wildman–Crippen LogP) is 2.86. The van der Waals surface area contributed by atoms with E-state index in [4.69, 9.17) is 0 Å². The summed E-state index contributed by atoms with van der Waals surface area (Å²) in [4.78, 5) is 30.0. The highest BCUT2D eigenvalue weighted by atomic mass is 16.2. The molecular weight excluding hydrogens is 428 g/mol. The first-order valence-corrected chi connectivity index (χ1v) is 11.9. The van der Waals surface area contributed by atoms with Crippen molar-refractivity contribution in [3.63, 3.8) is 0 Å². The van der Waals surface area contributed by atoms with Gasteiger partial charge in [0.2, 0.25) is 5.91 Å². The summed E-state index contributed by atoms with van der Waals surface area (Å²) in [7, 11) is 3.72. The van der Waals surface area contributed by atoms with Gasteiger partial charge in [-0.05, 0) is 62.3 Å². The van der Waals surface area contributed by atoms with E-state index in [1.165, 1.54) is 11.1 Å². The van der Waals surface area contributed by atoms with Crippen LogP contribution >= 0.6 is 0 Å². The van der Waals surface area contributed by atoms with Crippen LogP contribution in [0.2, 0.25) is 0 Å². The number of amides is 2. The molecule has 0 spiro atoms. The van der Waals surface area contributed by atoms with Crippen LogP contribution in [0.25, 0.3) is 0 Å². The van der Waals surface area contributed by atoms with Crippen LogP contribution in [0.4, 0.5) is 0 Å². The Morgan fingerprint density at radius 3 is 2.50 bits per heavy atom. The number of carbonyl (C=O) groups excluding carboxylic acids is 2. The van der Waals surface area contributed by atoms with Gasteiger partial charge in [0, 0.05) is 45.6 Å². The van der Waals surface area contributed by atoms with Crippen molar-refractivity contribution in [3.8, 4) is 0 Å². The Morgan fingerprint density at radius 2 is 1.88 bits per heavy atom. The molecule has 0 saturated carbocycles. The summed E-state index contributed by atoms with van der Waals surface area (Å²) in [5.74, 6) is 0.384. The minimum atomic E-state index is 0.0279. The number of benzene rings is 1. The number of aromatic nitrogens is 4. The number of likely N-dealkylation sites (N-methyl/N-ethyl adjacent to an activating group) is 1. The second-order valence-electron chi connectivity index (χ2n) is 9.33. The second kappa shape index (κ2) is 10.2. The standard InChI is InChI=1S/C26H34N6O2/c1-19-8-5-6-9-22(19)17-23(29(3)25(33)18-32-13-7-12-27-32)21-10-14-31(15-11-21)26(34)24-16-20(2)28-30(24)4/h5-9,12-13,16,21,23H,10-11,14-15,17-18H2,1-4H3. The maximum atomic E-state index is 13.2. The van der Waals surface area contributed by atoms with Gasteiger partial charge < -0.3 is 9.80 Å². The van der Waals surface area contributed by atoms with Crippen LogP contribution in [-0.4, -0.2) is 67.4 Å². The van der Waals surface area contributed by atoms with Crippen molar-refractivity contribution in [2.24, 2.45) is 13.0 Å². The fourth-order valence-electron chi connectivity index (χ4n) is 4.97. The first-order valence-electron chi connectivity index (χ1n) is 11.9. The molecule has 4 rings (SSSR count). The molecule has 1 fully saturated rings. The fraction of sp³-hybridized carbons (Fsp3) is 0.462. The molecule has 0 bridgehead atoms. The third kappa shape index (κ3) is 5.21. The molecule has 3 heterocycles. The maximum absolute atomic E-state index is 13.2. The van der Waals surface area contributed by atoms with E-state index in [1.54, 1.807) is 15.6 Å². The summed E-state index contributed by atoms with van der Waals surface area (Å²) in [5.41, 5.74) is 3.96. The first-order chi connectivity index (χ1) is 16.3. The van der Waals surface area contributed by atoms with E-state index < -0.39 is 0 Å². The summed E-state index contributed by atoms with van der Waals surface area (Å²) in [6.45, 7) is 5.60. The molecule has 8 heteroatoms. The lowest BCUT2D eigenvalue weighted by molar-refractivity contribution is -0.134. The highest BCUT2D eigenvalue weighted by Crippen LogP contribution is 2.28. The zero-order valence-electron chi connectivity index (χ0n) is 20.5. The molecule has 1 aromatic carbocycles. The SMILES string of the molecule is Cc1cc(C(=O)N2CCC(C(Cc3ccccc3C)N(C)C(=O)Cn3cccn3)CC2)n(C)n1.